The molecule has 0 saturated carbocycles. The highest BCUT2D eigenvalue weighted by molar-refractivity contribution is 7.92. The highest BCUT2D eigenvalue weighted by Gasteiger charge is 2.21. The van der Waals surface area contributed by atoms with Crippen molar-refractivity contribution in [2.45, 2.75) is 6.42 Å². The first-order valence-electron chi connectivity index (χ1n) is 8.77. The Balaban J connectivity index is 1.90. The number of hydrogen-bond acceptors (Lipinski definition) is 7. The van der Waals surface area contributed by atoms with Gasteiger partial charge in [0.1, 0.15) is 5.82 Å². The second-order valence-corrected chi connectivity index (χ2v) is 8.42. The Hall–Kier alpha value is -2.90. The third-order valence-electron chi connectivity index (χ3n) is 4.56. The summed E-state index contributed by atoms with van der Waals surface area (Å²) >= 11 is 0. The molecule has 2 heterocycles. The Morgan fingerprint density at radius 2 is 2.00 bits per heavy atom. The molecule has 28 heavy (non-hydrogen) atoms. The fraction of sp³-hybridized carbons (Fsp3) is 0.389. The molecule has 0 amide bonds. The van der Waals surface area contributed by atoms with E-state index in [9.17, 15) is 18.3 Å². The number of pyridine rings is 1. The van der Waals surface area contributed by atoms with Crippen molar-refractivity contribution in [1.29, 1.82) is 5.26 Å². The zero-order valence-electron chi connectivity index (χ0n) is 15.4. The summed E-state index contributed by atoms with van der Waals surface area (Å²) in [6.07, 6.45) is 1.52. The van der Waals surface area contributed by atoms with E-state index in [0.29, 0.717) is 36.2 Å². The van der Waals surface area contributed by atoms with Gasteiger partial charge in [-0.05, 0) is 24.3 Å². The van der Waals surface area contributed by atoms with Gasteiger partial charge in [0.15, 0.2) is 0 Å². The van der Waals surface area contributed by atoms with Crippen LogP contribution in [0.2, 0.25) is 0 Å². The lowest BCUT2D eigenvalue weighted by Crippen LogP contribution is -2.46. The molecule has 10 heteroatoms. The van der Waals surface area contributed by atoms with Crippen LogP contribution >= 0.6 is 0 Å². The summed E-state index contributed by atoms with van der Waals surface area (Å²) in [7, 11) is -3.47. The van der Waals surface area contributed by atoms with Gasteiger partial charge in [-0.3, -0.25) is 9.62 Å². The summed E-state index contributed by atoms with van der Waals surface area (Å²) in [6.45, 7) is 3.67. The molecule has 9 nitrogen and oxygen atoms in total. The molecule has 2 aromatic rings. The van der Waals surface area contributed by atoms with Crippen molar-refractivity contribution in [3.63, 3.8) is 0 Å². The lowest BCUT2D eigenvalue weighted by atomic mass is 10.1. The van der Waals surface area contributed by atoms with Gasteiger partial charge in [-0.15, -0.1) is 0 Å². The van der Waals surface area contributed by atoms with Crippen molar-refractivity contribution in [2.24, 2.45) is 0 Å². The maximum atomic E-state index is 11.8. The summed E-state index contributed by atoms with van der Waals surface area (Å²) in [5, 5.41) is 18.7. The highest BCUT2D eigenvalue weighted by Crippen LogP contribution is 2.27. The maximum absolute atomic E-state index is 11.8. The number of fused-ring (bicyclic) bond motifs is 1. The van der Waals surface area contributed by atoms with Gasteiger partial charge in [0.25, 0.3) is 0 Å². The smallest absolute Gasteiger partial charge is 0.336 e. The van der Waals surface area contributed by atoms with Crippen LogP contribution in [0.1, 0.15) is 16.8 Å². The number of anilines is 2. The van der Waals surface area contributed by atoms with E-state index in [1.165, 1.54) is 12.1 Å². The minimum Gasteiger partial charge on any atom is -0.478 e. The molecule has 0 bridgehead atoms. The van der Waals surface area contributed by atoms with Crippen LogP contribution in [0.3, 0.4) is 0 Å². The summed E-state index contributed by atoms with van der Waals surface area (Å²) < 4.78 is 25.2. The molecule has 1 saturated heterocycles. The molecule has 1 aromatic carbocycles. The number of piperazine rings is 1. The molecule has 0 aliphatic carbocycles. The minimum absolute atomic E-state index is 0.0732. The van der Waals surface area contributed by atoms with Crippen LogP contribution in [0, 0.1) is 11.3 Å². The molecule has 0 radical (unpaired) electrons. The second-order valence-electron chi connectivity index (χ2n) is 6.68. The number of nitriles is 1. The summed E-state index contributed by atoms with van der Waals surface area (Å²) in [4.78, 5) is 20.6. The fourth-order valence-corrected chi connectivity index (χ4v) is 3.79. The van der Waals surface area contributed by atoms with E-state index in [-0.39, 0.29) is 11.3 Å². The highest BCUT2D eigenvalue weighted by atomic mass is 32.2. The van der Waals surface area contributed by atoms with Crippen molar-refractivity contribution in [3.05, 3.63) is 29.8 Å². The topological polar surface area (TPSA) is 127 Å². The monoisotopic (exact) mass is 403 g/mol. The van der Waals surface area contributed by atoms with Crippen LogP contribution in [0.25, 0.3) is 10.9 Å². The van der Waals surface area contributed by atoms with Gasteiger partial charge < -0.3 is 10.0 Å². The van der Waals surface area contributed by atoms with E-state index in [1.807, 2.05) is 4.90 Å². The van der Waals surface area contributed by atoms with Crippen LogP contribution in [0.5, 0.6) is 0 Å². The van der Waals surface area contributed by atoms with E-state index in [1.54, 1.807) is 12.1 Å². The number of benzene rings is 1. The molecule has 148 valence electrons. The van der Waals surface area contributed by atoms with Crippen LogP contribution < -0.4 is 9.62 Å². The summed E-state index contributed by atoms with van der Waals surface area (Å²) in [5.74, 6) is -0.522. The van der Waals surface area contributed by atoms with Crippen molar-refractivity contribution < 1.29 is 18.3 Å². The Morgan fingerprint density at radius 3 is 2.61 bits per heavy atom. The van der Waals surface area contributed by atoms with Gasteiger partial charge in [0, 0.05) is 50.2 Å². The predicted octanol–water partition coefficient (Wildman–Crippen LogP) is 1.34. The van der Waals surface area contributed by atoms with Crippen molar-refractivity contribution in [1.82, 2.24) is 9.88 Å². The quantitative estimate of drug-likeness (QED) is 0.740. The van der Waals surface area contributed by atoms with E-state index in [4.69, 9.17) is 5.26 Å². The number of sulfonamides is 1. The number of aromatic nitrogens is 1. The summed E-state index contributed by atoms with van der Waals surface area (Å²) in [5.41, 5.74) is 0.850. The van der Waals surface area contributed by atoms with Crippen molar-refractivity contribution in [3.8, 4) is 6.07 Å². The molecule has 1 aromatic heterocycles. The number of nitrogens with zero attached hydrogens (tertiary/aromatic N) is 4. The lowest BCUT2D eigenvalue weighted by Gasteiger charge is -2.35. The Kier molecular flexibility index (Phi) is 5.67. The van der Waals surface area contributed by atoms with Crippen LogP contribution in [0.15, 0.2) is 24.3 Å². The molecule has 0 atom stereocenters. The van der Waals surface area contributed by atoms with E-state index >= 15 is 0 Å². The zero-order chi connectivity index (χ0) is 20.3. The van der Waals surface area contributed by atoms with Crippen LogP contribution in [0.4, 0.5) is 11.5 Å². The van der Waals surface area contributed by atoms with E-state index < -0.39 is 16.0 Å². The third kappa shape index (κ3) is 4.68. The standard InChI is InChI=1S/C18H21N5O4S/c1-28(26,27)21-13-3-4-16-14(11-13)15(18(24)25)12-17(20-16)23-9-7-22(8-10-23)6-2-5-19/h3-4,11-12,21H,2,6-10H2,1H3,(H,24,25). The van der Waals surface area contributed by atoms with Gasteiger partial charge >= 0.3 is 5.97 Å². The van der Waals surface area contributed by atoms with Gasteiger partial charge in [-0.1, -0.05) is 0 Å². The molecule has 1 fully saturated rings. The van der Waals surface area contributed by atoms with Gasteiger partial charge in [0.05, 0.1) is 23.4 Å². The number of carboxylic acids is 1. The van der Waals surface area contributed by atoms with E-state index in [2.05, 4.69) is 20.7 Å². The van der Waals surface area contributed by atoms with Crippen molar-refractivity contribution >= 4 is 38.4 Å². The van der Waals surface area contributed by atoms with Crippen LogP contribution in [-0.2, 0) is 10.0 Å². The van der Waals surface area contributed by atoms with Gasteiger partial charge in [-0.25, -0.2) is 18.2 Å². The maximum Gasteiger partial charge on any atom is 0.336 e. The average Bonchev–Trinajstić information content (AvgIpc) is 2.64. The zero-order valence-corrected chi connectivity index (χ0v) is 16.2. The molecule has 1 aliphatic heterocycles. The first kappa shape index (κ1) is 19.9. The van der Waals surface area contributed by atoms with E-state index in [0.717, 1.165) is 25.9 Å². The first-order valence-corrected chi connectivity index (χ1v) is 10.7. The Morgan fingerprint density at radius 1 is 1.29 bits per heavy atom. The molecular weight excluding hydrogens is 382 g/mol. The Labute approximate surface area is 163 Å². The summed E-state index contributed by atoms with van der Waals surface area (Å²) in [6, 6.07) is 8.33. The molecule has 2 N–H and O–H groups in total. The largest absolute Gasteiger partial charge is 0.478 e. The molecule has 0 unspecified atom stereocenters. The number of aromatic carboxylic acids is 1. The number of carboxylic acid groups (broad SMARTS) is 1. The Bertz CT molecular complexity index is 1040. The molecular formula is C18H21N5O4S. The van der Waals surface area contributed by atoms with Crippen molar-refractivity contribution in [2.75, 3.05) is 48.6 Å². The molecule has 0 spiro atoms. The number of rotatable bonds is 6. The average molecular weight is 403 g/mol. The minimum atomic E-state index is -3.47. The number of carbonyl (C=O) groups is 1. The van der Waals surface area contributed by atoms with Crippen LogP contribution in [-0.4, -0.2) is 68.4 Å². The second kappa shape index (κ2) is 8.00. The fourth-order valence-electron chi connectivity index (χ4n) is 3.24. The first-order chi connectivity index (χ1) is 13.3. The SMILES string of the molecule is CS(=O)(=O)Nc1ccc2nc(N3CCN(CCC#N)CC3)cc(C(=O)O)c2c1. The van der Waals surface area contributed by atoms with Gasteiger partial charge in [0.2, 0.25) is 10.0 Å². The molecule has 3 rings (SSSR count). The lowest BCUT2D eigenvalue weighted by molar-refractivity contribution is 0.0699. The predicted molar refractivity (Wildman–Crippen MR) is 106 cm³/mol. The third-order valence-corrected chi connectivity index (χ3v) is 5.17. The van der Waals surface area contributed by atoms with Gasteiger partial charge in [-0.2, -0.15) is 5.26 Å². The number of nitrogens with one attached hydrogen (secondary N) is 1. The molecule has 1 aliphatic rings. The normalized spacial score (nSPS) is 15.4. The number of hydrogen-bond donors (Lipinski definition) is 2.